The summed E-state index contributed by atoms with van der Waals surface area (Å²) in [5.41, 5.74) is 1.76. The van der Waals surface area contributed by atoms with Gasteiger partial charge in [0, 0.05) is 4.90 Å². The minimum atomic E-state index is -0.615. The van der Waals surface area contributed by atoms with Crippen LogP contribution in [0.3, 0.4) is 0 Å². The third kappa shape index (κ3) is 3.78. The van der Waals surface area contributed by atoms with Crippen LogP contribution in [0.5, 0.6) is 5.75 Å². The Morgan fingerprint density at radius 3 is 2.45 bits per heavy atom. The molecule has 0 saturated carbocycles. The molecule has 2 nitrogen and oxygen atoms in total. The van der Waals surface area contributed by atoms with Crippen molar-refractivity contribution in [2.45, 2.75) is 24.8 Å². The molecule has 1 N–H and O–H groups in total. The fourth-order valence-corrected chi connectivity index (χ4v) is 2.71. The molecule has 2 aromatic rings. The van der Waals surface area contributed by atoms with E-state index in [1.54, 1.807) is 11.8 Å². The summed E-state index contributed by atoms with van der Waals surface area (Å²) in [4.78, 5) is 1.23. The highest BCUT2D eigenvalue weighted by molar-refractivity contribution is 7.99. The standard InChI is InChI=1S/C17H20O2S/c1-3-19-15-7-5-6-14(12-15)17(18)13-8-10-16(11-9-13)20-4-2/h5-12,17-18H,3-4H2,1-2H3. The molecule has 20 heavy (non-hydrogen) atoms. The first-order valence-electron chi connectivity index (χ1n) is 6.88. The number of aliphatic hydroxyl groups is 1. The van der Waals surface area contributed by atoms with Crippen molar-refractivity contribution in [1.29, 1.82) is 0 Å². The molecule has 0 aromatic heterocycles. The SMILES string of the molecule is CCOc1cccc(C(O)c2ccc(SCC)cc2)c1. The van der Waals surface area contributed by atoms with Crippen molar-refractivity contribution in [3.63, 3.8) is 0 Å². The first-order valence-corrected chi connectivity index (χ1v) is 7.86. The monoisotopic (exact) mass is 288 g/mol. The summed E-state index contributed by atoms with van der Waals surface area (Å²) >= 11 is 1.80. The highest BCUT2D eigenvalue weighted by Crippen LogP contribution is 2.27. The average molecular weight is 288 g/mol. The van der Waals surface area contributed by atoms with Crippen LogP contribution in [-0.2, 0) is 0 Å². The molecule has 0 heterocycles. The van der Waals surface area contributed by atoms with Gasteiger partial charge < -0.3 is 9.84 Å². The third-order valence-electron chi connectivity index (χ3n) is 2.99. The van der Waals surface area contributed by atoms with Crippen LogP contribution in [0.15, 0.2) is 53.4 Å². The van der Waals surface area contributed by atoms with Crippen LogP contribution in [-0.4, -0.2) is 17.5 Å². The van der Waals surface area contributed by atoms with Crippen LogP contribution >= 0.6 is 11.8 Å². The van der Waals surface area contributed by atoms with E-state index in [1.165, 1.54) is 4.90 Å². The molecule has 0 aliphatic heterocycles. The van der Waals surface area contributed by atoms with Gasteiger partial charge in [0.05, 0.1) is 6.61 Å². The Labute approximate surface area is 124 Å². The molecule has 0 bridgehead atoms. The zero-order valence-corrected chi connectivity index (χ0v) is 12.7. The maximum atomic E-state index is 10.4. The van der Waals surface area contributed by atoms with E-state index in [1.807, 2.05) is 43.3 Å². The molecule has 0 spiro atoms. The van der Waals surface area contributed by atoms with Crippen LogP contribution in [0.4, 0.5) is 0 Å². The highest BCUT2D eigenvalue weighted by atomic mass is 32.2. The van der Waals surface area contributed by atoms with Crippen molar-refractivity contribution in [3.05, 3.63) is 59.7 Å². The fraction of sp³-hybridized carbons (Fsp3) is 0.294. The number of ether oxygens (including phenoxy) is 1. The number of aliphatic hydroxyl groups excluding tert-OH is 1. The van der Waals surface area contributed by atoms with Crippen LogP contribution in [0.2, 0.25) is 0 Å². The molecule has 2 rings (SSSR count). The third-order valence-corrected chi connectivity index (χ3v) is 3.89. The molecule has 0 aliphatic rings. The molecular weight excluding hydrogens is 268 g/mol. The molecule has 1 unspecified atom stereocenters. The minimum Gasteiger partial charge on any atom is -0.494 e. The summed E-state index contributed by atoms with van der Waals surface area (Å²) in [5.74, 6) is 1.85. The molecule has 0 saturated heterocycles. The quantitative estimate of drug-likeness (QED) is 0.805. The average Bonchev–Trinajstić information content (AvgIpc) is 2.48. The summed E-state index contributed by atoms with van der Waals surface area (Å²) < 4.78 is 5.47. The van der Waals surface area contributed by atoms with Crippen molar-refractivity contribution in [3.8, 4) is 5.75 Å². The molecule has 106 valence electrons. The molecule has 1 atom stereocenters. The van der Waals surface area contributed by atoms with E-state index in [4.69, 9.17) is 4.74 Å². The van der Waals surface area contributed by atoms with Crippen molar-refractivity contribution < 1.29 is 9.84 Å². The number of hydrogen-bond donors (Lipinski definition) is 1. The van der Waals surface area contributed by atoms with Gasteiger partial charge in [-0.05, 0) is 48.1 Å². The van der Waals surface area contributed by atoms with Crippen molar-refractivity contribution >= 4 is 11.8 Å². The van der Waals surface area contributed by atoms with Crippen molar-refractivity contribution in [1.82, 2.24) is 0 Å². The largest absolute Gasteiger partial charge is 0.494 e. The minimum absolute atomic E-state index is 0.615. The lowest BCUT2D eigenvalue weighted by atomic mass is 10.0. The van der Waals surface area contributed by atoms with Gasteiger partial charge in [-0.1, -0.05) is 31.2 Å². The van der Waals surface area contributed by atoms with Gasteiger partial charge in [-0.25, -0.2) is 0 Å². The van der Waals surface area contributed by atoms with Gasteiger partial charge in [-0.3, -0.25) is 0 Å². The van der Waals surface area contributed by atoms with E-state index >= 15 is 0 Å². The number of rotatable bonds is 6. The van der Waals surface area contributed by atoms with Crippen LogP contribution in [0.1, 0.15) is 31.1 Å². The van der Waals surface area contributed by atoms with Gasteiger partial charge in [-0.2, -0.15) is 0 Å². The molecule has 2 aromatic carbocycles. The molecule has 0 aliphatic carbocycles. The summed E-state index contributed by atoms with van der Waals surface area (Å²) in [6.07, 6.45) is -0.615. The summed E-state index contributed by atoms with van der Waals surface area (Å²) in [6.45, 7) is 4.71. The van der Waals surface area contributed by atoms with Crippen LogP contribution in [0.25, 0.3) is 0 Å². The summed E-state index contributed by atoms with van der Waals surface area (Å²) in [7, 11) is 0. The molecule has 3 heteroatoms. The topological polar surface area (TPSA) is 29.5 Å². The van der Waals surface area contributed by atoms with E-state index in [9.17, 15) is 5.11 Å². The predicted molar refractivity (Wildman–Crippen MR) is 84.5 cm³/mol. The second-order valence-corrected chi connectivity index (χ2v) is 5.75. The molecular formula is C17H20O2S. The lowest BCUT2D eigenvalue weighted by molar-refractivity contribution is 0.219. The van der Waals surface area contributed by atoms with Crippen LogP contribution < -0.4 is 4.74 Å². The first-order chi connectivity index (χ1) is 9.74. The lowest BCUT2D eigenvalue weighted by Crippen LogP contribution is -2.00. The smallest absolute Gasteiger partial charge is 0.119 e. The highest BCUT2D eigenvalue weighted by Gasteiger charge is 2.11. The Morgan fingerprint density at radius 1 is 1.05 bits per heavy atom. The Bertz CT molecular complexity index is 537. The fourth-order valence-electron chi connectivity index (χ4n) is 2.05. The van der Waals surface area contributed by atoms with Crippen molar-refractivity contribution in [2.24, 2.45) is 0 Å². The predicted octanol–water partition coefficient (Wildman–Crippen LogP) is 4.28. The van der Waals surface area contributed by atoms with Gasteiger partial charge in [0.25, 0.3) is 0 Å². The van der Waals surface area contributed by atoms with E-state index < -0.39 is 6.10 Å². The Balaban J connectivity index is 2.17. The lowest BCUT2D eigenvalue weighted by Gasteiger charge is -2.13. The molecule has 0 fully saturated rings. The summed E-state index contributed by atoms with van der Waals surface area (Å²) in [5, 5.41) is 10.4. The Hall–Kier alpha value is -1.45. The van der Waals surface area contributed by atoms with E-state index in [-0.39, 0.29) is 0 Å². The van der Waals surface area contributed by atoms with E-state index in [0.29, 0.717) is 6.61 Å². The summed E-state index contributed by atoms with van der Waals surface area (Å²) in [6, 6.07) is 15.7. The number of hydrogen-bond acceptors (Lipinski definition) is 3. The zero-order chi connectivity index (χ0) is 14.4. The van der Waals surface area contributed by atoms with Gasteiger partial charge in [0.1, 0.15) is 11.9 Å². The molecule has 0 radical (unpaired) electrons. The van der Waals surface area contributed by atoms with Gasteiger partial charge in [-0.15, -0.1) is 11.8 Å². The van der Waals surface area contributed by atoms with Crippen molar-refractivity contribution in [2.75, 3.05) is 12.4 Å². The van der Waals surface area contributed by atoms with E-state index in [2.05, 4.69) is 19.1 Å². The zero-order valence-electron chi connectivity index (χ0n) is 11.9. The second-order valence-electron chi connectivity index (χ2n) is 4.41. The normalized spacial score (nSPS) is 12.2. The maximum absolute atomic E-state index is 10.4. The van der Waals surface area contributed by atoms with E-state index in [0.717, 1.165) is 22.6 Å². The Kier molecular flexibility index (Phi) is 5.50. The number of thioether (sulfide) groups is 1. The molecule has 0 amide bonds. The van der Waals surface area contributed by atoms with Gasteiger partial charge >= 0.3 is 0 Å². The maximum Gasteiger partial charge on any atom is 0.119 e. The van der Waals surface area contributed by atoms with Crippen LogP contribution in [0, 0.1) is 0 Å². The number of benzene rings is 2. The first kappa shape index (κ1) is 14.9. The second kappa shape index (κ2) is 7.36. The van der Waals surface area contributed by atoms with Gasteiger partial charge in [0.15, 0.2) is 0 Å². The Morgan fingerprint density at radius 2 is 1.80 bits per heavy atom. The van der Waals surface area contributed by atoms with Gasteiger partial charge in [0.2, 0.25) is 0 Å².